The smallest absolute Gasteiger partial charge is 0.318 e. The molecule has 9 heteroatoms. The highest BCUT2D eigenvalue weighted by Gasteiger charge is 2.14. The Hall–Kier alpha value is -2.71. The highest BCUT2D eigenvalue weighted by molar-refractivity contribution is 8.14. The Kier molecular flexibility index (Phi) is 5.11. The van der Waals surface area contributed by atoms with Gasteiger partial charge in [-0.05, 0) is 24.3 Å². The number of carbonyl (C=O) groups is 1. The molecule has 1 heterocycles. The van der Waals surface area contributed by atoms with Crippen molar-refractivity contribution in [2.75, 3.05) is 16.8 Å². The average Bonchev–Trinajstić information content (AvgIpc) is 2.61. The maximum Gasteiger partial charge on any atom is 0.318 e. The van der Waals surface area contributed by atoms with Crippen LogP contribution in [0, 0.1) is 5.21 Å². The first-order chi connectivity index (χ1) is 12.0. The minimum Gasteiger partial charge on any atom is -0.618 e. The molecular weight excluding hydrogens is 362 g/mol. The van der Waals surface area contributed by atoms with Crippen LogP contribution >= 0.6 is 23.5 Å². The van der Waals surface area contributed by atoms with Gasteiger partial charge in [0, 0.05) is 35.8 Å². The summed E-state index contributed by atoms with van der Waals surface area (Å²) in [6.07, 6.45) is 1.27. The van der Waals surface area contributed by atoms with Gasteiger partial charge in [-0.3, -0.25) is 15.2 Å². The summed E-state index contributed by atoms with van der Waals surface area (Å²) < 4.78 is 3.59. The van der Waals surface area contributed by atoms with Crippen molar-refractivity contribution in [2.45, 2.75) is 0 Å². The van der Waals surface area contributed by atoms with E-state index >= 15 is 0 Å². The van der Waals surface area contributed by atoms with Crippen molar-refractivity contribution in [3.05, 3.63) is 65.0 Å². The van der Waals surface area contributed by atoms with Gasteiger partial charge in [0.1, 0.15) is 5.52 Å². The molecular formula is C16H14ClN5O2S. The second-order valence-corrected chi connectivity index (χ2v) is 6.30. The molecule has 0 saturated heterocycles. The highest BCUT2D eigenvalue weighted by atomic mass is 35.5. The van der Waals surface area contributed by atoms with E-state index in [4.69, 9.17) is 11.6 Å². The molecule has 0 radical (unpaired) electrons. The molecule has 1 aromatic heterocycles. The average molecular weight is 376 g/mol. The number of carbonyl (C=O) groups excluding carboxylic acids is 1. The van der Waals surface area contributed by atoms with Crippen LogP contribution < -0.4 is 19.9 Å². The van der Waals surface area contributed by atoms with Crippen LogP contribution in [0.5, 0.6) is 0 Å². The van der Waals surface area contributed by atoms with Crippen molar-refractivity contribution >= 4 is 51.3 Å². The minimum absolute atomic E-state index is 0.304. The van der Waals surface area contributed by atoms with E-state index in [1.807, 2.05) is 30.3 Å². The van der Waals surface area contributed by atoms with E-state index < -0.39 is 0 Å². The van der Waals surface area contributed by atoms with Gasteiger partial charge in [0.15, 0.2) is 0 Å². The summed E-state index contributed by atoms with van der Waals surface area (Å²) in [4.78, 5) is 16.4. The first-order valence-electron chi connectivity index (χ1n) is 7.24. The molecule has 0 unspecified atom stereocenters. The van der Waals surface area contributed by atoms with E-state index in [0.717, 1.165) is 17.6 Å². The number of rotatable bonds is 4. The van der Waals surface area contributed by atoms with Crippen LogP contribution in [0.3, 0.4) is 0 Å². The van der Waals surface area contributed by atoms with Crippen LogP contribution in [0.25, 0.3) is 11.0 Å². The predicted molar refractivity (Wildman–Crippen MR) is 100 cm³/mol. The van der Waals surface area contributed by atoms with Crippen LogP contribution in [0.2, 0.25) is 5.02 Å². The Morgan fingerprint density at radius 1 is 1.28 bits per heavy atom. The zero-order valence-corrected chi connectivity index (χ0v) is 14.7. The van der Waals surface area contributed by atoms with Crippen LogP contribution in [-0.4, -0.2) is 17.3 Å². The number of fused-ring (bicyclic) bond motifs is 1. The van der Waals surface area contributed by atoms with Gasteiger partial charge in [0.05, 0.1) is 0 Å². The molecule has 2 N–H and O–H groups in total. The number of hydrogen-bond donors (Lipinski definition) is 2. The quantitative estimate of drug-likeness (QED) is 0.315. The summed E-state index contributed by atoms with van der Waals surface area (Å²) in [5, 5.41) is 13.6. The lowest BCUT2D eigenvalue weighted by Gasteiger charge is -2.18. The van der Waals surface area contributed by atoms with E-state index in [-0.39, 0.29) is 5.24 Å². The number of benzene rings is 2. The molecule has 7 nitrogen and oxygen atoms in total. The van der Waals surface area contributed by atoms with Crippen molar-refractivity contribution in [3.63, 3.8) is 0 Å². The van der Waals surface area contributed by atoms with Gasteiger partial charge >= 0.3 is 5.24 Å². The summed E-state index contributed by atoms with van der Waals surface area (Å²) in [5.41, 5.74) is 4.27. The van der Waals surface area contributed by atoms with Crippen LogP contribution in [0.4, 0.5) is 16.3 Å². The zero-order chi connectivity index (χ0) is 17.8. The number of para-hydroxylation sites is 1. The van der Waals surface area contributed by atoms with Gasteiger partial charge in [-0.2, -0.15) is 4.73 Å². The Labute approximate surface area is 153 Å². The first-order valence-corrected chi connectivity index (χ1v) is 8.44. The van der Waals surface area contributed by atoms with Gasteiger partial charge in [-0.15, -0.1) is 0 Å². The van der Waals surface area contributed by atoms with E-state index in [9.17, 15) is 10.0 Å². The Bertz CT molecular complexity index is 910. The molecule has 0 aliphatic rings. The fourth-order valence-electron chi connectivity index (χ4n) is 2.08. The summed E-state index contributed by atoms with van der Waals surface area (Å²) in [7, 11) is 1.60. The monoisotopic (exact) mass is 375 g/mol. The molecule has 0 atom stereocenters. The number of amides is 1. The van der Waals surface area contributed by atoms with Crippen molar-refractivity contribution in [1.82, 2.24) is 10.4 Å². The first kappa shape index (κ1) is 17.1. The molecule has 1 amide bonds. The lowest BCUT2D eigenvalue weighted by atomic mass is 10.3. The van der Waals surface area contributed by atoms with Crippen LogP contribution in [0.15, 0.2) is 54.7 Å². The normalized spacial score (nSPS) is 10.5. The third-order valence-electron chi connectivity index (χ3n) is 3.28. The largest absolute Gasteiger partial charge is 0.618 e. The van der Waals surface area contributed by atoms with E-state index in [1.54, 1.807) is 25.2 Å². The molecule has 0 saturated carbocycles. The van der Waals surface area contributed by atoms with Crippen molar-refractivity contribution < 1.29 is 9.52 Å². The molecule has 3 rings (SSSR count). The van der Waals surface area contributed by atoms with Gasteiger partial charge in [-0.25, -0.2) is 4.98 Å². The van der Waals surface area contributed by atoms with Crippen LogP contribution in [-0.2, 0) is 0 Å². The maximum absolute atomic E-state index is 12.1. The molecule has 25 heavy (non-hydrogen) atoms. The summed E-state index contributed by atoms with van der Waals surface area (Å²) in [6, 6.07) is 14.2. The maximum atomic E-state index is 12.1. The number of hydrogen-bond acceptors (Lipinski definition) is 6. The van der Waals surface area contributed by atoms with Gasteiger partial charge in [0.2, 0.25) is 17.5 Å². The number of aromatic nitrogens is 2. The molecule has 128 valence electrons. The molecule has 0 aliphatic carbocycles. The number of nitrogens with zero attached hydrogens (tertiary/aromatic N) is 3. The molecule has 0 spiro atoms. The second kappa shape index (κ2) is 7.45. The van der Waals surface area contributed by atoms with Crippen molar-refractivity contribution in [1.29, 1.82) is 0 Å². The molecule has 3 aromatic rings. The van der Waals surface area contributed by atoms with Gasteiger partial charge in [-0.1, -0.05) is 29.8 Å². The van der Waals surface area contributed by atoms with Gasteiger partial charge < -0.3 is 9.93 Å². The number of halogens is 1. The van der Waals surface area contributed by atoms with E-state index in [1.165, 1.54) is 11.2 Å². The van der Waals surface area contributed by atoms with E-state index in [2.05, 4.69) is 15.1 Å². The molecule has 0 fully saturated rings. The topological polar surface area (TPSA) is 84.2 Å². The molecule has 0 bridgehead atoms. The lowest BCUT2D eigenvalue weighted by molar-refractivity contribution is -0.576. The van der Waals surface area contributed by atoms with Crippen LogP contribution in [0.1, 0.15) is 0 Å². The molecule has 0 aliphatic heterocycles. The van der Waals surface area contributed by atoms with Crippen molar-refractivity contribution in [3.8, 4) is 0 Å². The Morgan fingerprint density at radius 3 is 2.80 bits per heavy atom. The number of anilines is 2. The lowest BCUT2D eigenvalue weighted by Crippen LogP contribution is -2.40. The number of hydrazine groups is 1. The highest BCUT2D eigenvalue weighted by Crippen LogP contribution is 2.17. The summed E-state index contributed by atoms with van der Waals surface area (Å²) in [5.74, 6) is 0.304. The third kappa shape index (κ3) is 4.23. The standard InChI is InChI=1S/C16H14ClN5O2S/c1-21(19-16(23)25-20-12-5-3-2-4-6-12)15-10-22(24)14-9-11(17)7-8-13(14)18-15/h2-10,20H,1H3,(H,19,23). The predicted octanol–water partition coefficient (Wildman–Crippen LogP) is 3.34. The summed E-state index contributed by atoms with van der Waals surface area (Å²) >= 11 is 6.78. The fraction of sp³-hybridized carbons (Fsp3) is 0.0625. The van der Waals surface area contributed by atoms with Gasteiger partial charge in [0.25, 0.3) is 0 Å². The fourth-order valence-corrected chi connectivity index (χ4v) is 2.78. The third-order valence-corrected chi connectivity index (χ3v) is 4.13. The zero-order valence-electron chi connectivity index (χ0n) is 13.1. The van der Waals surface area contributed by atoms with E-state index in [0.29, 0.717) is 26.6 Å². The number of nitrogens with one attached hydrogen (secondary N) is 2. The van der Waals surface area contributed by atoms with Crippen molar-refractivity contribution in [2.24, 2.45) is 0 Å². The minimum atomic E-state index is -0.346. The Morgan fingerprint density at radius 2 is 2.04 bits per heavy atom. The SMILES string of the molecule is CN(NC(=O)SNc1ccccc1)c1c[n+]([O-])c2cc(Cl)ccc2n1. The summed E-state index contributed by atoms with van der Waals surface area (Å²) in [6.45, 7) is 0. The Balaban J connectivity index is 1.68. The second-order valence-electron chi connectivity index (χ2n) is 5.09. The molecule has 2 aromatic carbocycles.